The minimum atomic E-state index is -0.301. The maximum atomic E-state index is 12.9. The maximum absolute atomic E-state index is 12.9. The monoisotopic (exact) mass is 195 g/mol. The van der Waals surface area contributed by atoms with Gasteiger partial charge < -0.3 is 5.32 Å². The topological polar surface area (TPSA) is 29.1 Å². The summed E-state index contributed by atoms with van der Waals surface area (Å²) in [7, 11) is 1.59. The van der Waals surface area contributed by atoms with E-state index in [0.29, 0.717) is 6.42 Å². The van der Waals surface area contributed by atoms with Crippen molar-refractivity contribution in [3.05, 3.63) is 35.6 Å². The molecule has 0 saturated heterocycles. The molecule has 2 nitrogen and oxygen atoms in total. The lowest BCUT2D eigenvalue weighted by Crippen LogP contribution is -2.25. The second-order valence-electron chi connectivity index (χ2n) is 3.13. The minimum absolute atomic E-state index is 0.0712. The van der Waals surface area contributed by atoms with Crippen molar-refractivity contribution in [2.45, 2.75) is 19.3 Å². The summed E-state index contributed by atoms with van der Waals surface area (Å²) in [6, 6.07) is 6.17. The molecule has 0 aliphatic carbocycles. The van der Waals surface area contributed by atoms with Gasteiger partial charge in [0.25, 0.3) is 0 Å². The zero-order valence-electron chi connectivity index (χ0n) is 8.38. The number of amides is 1. The van der Waals surface area contributed by atoms with Gasteiger partial charge in [-0.15, -0.1) is 0 Å². The number of carbonyl (C=O) groups is 1. The lowest BCUT2D eigenvalue weighted by atomic mass is 9.96. The third-order valence-electron chi connectivity index (χ3n) is 2.22. The number of halogens is 1. The molecule has 1 N–H and O–H groups in total. The highest BCUT2D eigenvalue weighted by molar-refractivity contribution is 5.83. The summed E-state index contributed by atoms with van der Waals surface area (Å²) in [4.78, 5) is 11.4. The number of benzene rings is 1. The fraction of sp³-hybridized carbons (Fsp3) is 0.364. The van der Waals surface area contributed by atoms with Crippen molar-refractivity contribution in [1.82, 2.24) is 5.32 Å². The highest BCUT2D eigenvalue weighted by atomic mass is 19.1. The zero-order chi connectivity index (χ0) is 10.6. The van der Waals surface area contributed by atoms with Crippen molar-refractivity contribution in [2.75, 3.05) is 7.05 Å². The predicted octanol–water partition coefficient (Wildman–Crippen LogP) is 2.07. The summed E-state index contributed by atoms with van der Waals surface area (Å²) in [6.45, 7) is 1.91. The molecule has 14 heavy (non-hydrogen) atoms. The van der Waals surface area contributed by atoms with Crippen LogP contribution in [0.4, 0.5) is 4.39 Å². The van der Waals surface area contributed by atoms with E-state index in [1.165, 1.54) is 12.1 Å². The summed E-state index contributed by atoms with van der Waals surface area (Å²) in [6.07, 6.45) is 0.670. The molecule has 0 spiro atoms. The van der Waals surface area contributed by atoms with Crippen molar-refractivity contribution < 1.29 is 9.18 Å². The largest absolute Gasteiger partial charge is 0.359 e. The zero-order valence-corrected chi connectivity index (χ0v) is 8.38. The molecule has 0 fully saturated rings. The van der Waals surface area contributed by atoms with Gasteiger partial charge in [-0.3, -0.25) is 4.79 Å². The molecule has 76 valence electrons. The number of hydrogen-bond donors (Lipinski definition) is 1. The number of nitrogens with one attached hydrogen (secondary N) is 1. The smallest absolute Gasteiger partial charge is 0.227 e. The molecule has 3 heteroatoms. The van der Waals surface area contributed by atoms with Gasteiger partial charge in [0.2, 0.25) is 5.91 Å². The molecule has 0 heterocycles. The second-order valence-corrected chi connectivity index (χ2v) is 3.13. The van der Waals surface area contributed by atoms with Crippen LogP contribution < -0.4 is 5.32 Å². The number of carbonyl (C=O) groups excluding carboxylic acids is 1. The van der Waals surface area contributed by atoms with E-state index in [9.17, 15) is 9.18 Å². The fourth-order valence-electron chi connectivity index (χ4n) is 1.47. The Balaban J connectivity index is 2.94. The maximum Gasteiger partial charge on any atom is 0.227 e. The fourth-order valence-corrected chi connectivity index (χ4v) is 1.47. The normalized spacial score (nSPS) is 12.2. The van der Waals surface area contributed by atoms with Gasteiger partial charge in [0, 0.05) is 7.05 Å². The number of hydrogen-bond acceptors (Lipinski definition) is 1. The summed E-state index contributed by atoms with van der Waals surface area (Å²) >= 11 is 0. The van der Waals surface area contributed by atoms with Crippen LogP contribution in [0, 0.1) is 5.82 Å². The summed E-state index contributed by atoms with van der Waals surface area (Å²) in [5.41, 5.74) is 0.729. The Kier molecular flexibility index (Phi) is 3.63. The van der Waals surface area contributed by atoms with Gasteiger partial charge in [-0.25, -0.2) is 4.39 Å². The Hall–Kier alpha value is -1.38. The van der Waals surface area contributed by atoms with Crippen LogP contribution in [0.25, 0.3) is 0 Å². The number of likely N-dealkylation sites (N-methyl/N-ethyl adjacent to an activating group) is 1. The lowest BCUT2D eigenvalue weighted by Gasteiger charge is -2.13. The van der Waals surface area contributed by atoms with Gasteiger partial charge in [0.1, 0.15) is 5.82 Å². The van der Waals surface area contributed by atoms with Gasteiger partial charge in [-0.2, -0.15) is 0 Å². The molecule has 0 bridgehead atoms. The van der Waals surface area contributed by atoms with Crippen molar-refractivity contribution in [1.29, 1.82) is 0 Å². The molecule has 1 amide bonds. The van der Waals surface area contributed by atoms with Crippen LogP contribution in [-0.2, 0) is 4.79 Å². The molecule has 1 aromatic rings. The third kappa shape index (κ3) is 2.31. The van der Waals surface area contributed by atoms with Crippen molar-refractivity contribution >= 4 is 5.91 Å². The quantitative estimate of drug-likeness (QED) is 0.786. The van der Waals surface area contributed by atoms with E-state index in [1.807, 2.05) is 6.92 Å². The van der Waals surface area contributed by atoms with Crippen molar-refractivity contribution in [3.63, 3.8) is 0 Å². The molecule has 1 rings (SSSR count). The molecule has 0 radical (unpaired) electrons. The molecule has 1 unspecified atom stereocenters. The van der Waals surface area contributed by atoms with Crippen molar-refractivity contribution in [2.24, 2.45) is 0 Å². The summed E-state index contributed by atoms with van der Waals surface area (Å²) in [5, 5.41) is 2.57. The summed E-state index contributed by atoms with van der Waals surface area (Å²) in [5.74, 6) is -0.626. The molecule has 0 saturated carbocycles. The van der Waals surface area contributed by atoms with E-state index in [1.54, 1.807) is 19.2 Å². The van der Waals surface area contributed by atoms with E-state index < -0.39 is 0 Å². The Bertz CT molecular complexity index is 325. The molecule has 1 atom stereocenters. The summed E-state index contributed by atoms with van der Waals surface area (Å²) < 4.78 is 12.9. The Morgan fingerprint density at radius 2 is 2.29 bits per heavy atom. The van der Waals surface area contributed by atoms with Gasteiger partial charge in [0.05, 0.1) is 5.92 Å². The van der Waals surface area contributed by atoms with Crippen LogP contribution in [0.5, 0.6) is 0 Å². The average molecular weight is 195 g/mol. The molecule has 0 aliphatic heterocycles. The van der Waals surface area contributed by atoms with Gasteiger partial charge in [-0.05, 0) is 24.1 Å². The van der Waals surface area contributed by atoms with E-state index in [0.717, 1.165) is 5.56 Å². The molecule has 1 aromatic carbocycles. The van der Waals surface area contributed by atoms with Crippen LogP contribution >= 0.6 is 0 Å². The Labute approximate surface area is 83.1 Å². The standard InChI is InChI=1S/C11H14FNO/c1-3-10(11(14)13-2)8-5-4-6-9(12)7-8/h4-7,10H,3H2,1-2H3,(H,13,14). The van der Waals surface area contributed by atoms with E-state index >= 15 is 0 Å². The highest BCUT2D eigenvalue weighted by Gasteiger charge is 2.17. The van der Waals surface area contributed by atoms with E-state index in [2.05, 4.69) is 5.32 Å². The average Bonchev–Trinajstić information content (AvgIpc) is 2.19. The first-order valence-electron chi connectivity index (χ1n) is 4.66. The first kappa shape index (κ1) is 10.7. The first-order chi connectivity index (χ1) is 6.69. The van der Waals surface area contributed by atoms with Crippen molar-refractivity contribution in [3.8, 4) is 0 Å². The second kappa shape index (κ2) is 4.74. The molecular formula is C11H14FNO. The first-order valence-corrected chi connectivity index (χ1v) is 4.66. The lowest BCUT2D eigenvalue weighted by molar-refractivity contribution is -0.122. The van der Waals surface area contributed by atoms with Crippen LogP contribution in [0.2, 0.25) is 0 Å². The van der Waals surface area contributed by atoms with Gasteiger partial charge in [0.15, 0.2) is 0 Å². The van der Waals surface area contributed by atoms with E-state index in [-0.39, 0.29) is 17.6 Å². The molecule has 0 aromatic heterocycles. The Morgan fingerprint density at radius 1 is 1.57 bits per heavy atom. The van der Waals surface area contributed by atoms with Gasteiger partial charge >= 0.3 is 0 Å². The Morgan fingerprint density at radius 3 is 2.79 bits per heavy atom. The third-order valence-corrected chi connectivity index (χ3v) is 2.22. The van der Waals surface area contributed by atoms with Crippen LogP contribution in [0.3, 0.4) is 0 Å². The number of rotatable bonds is 3. The molecular weight excluding hydrogens is 181 g/mol. The van der Waals surface area contributed by atoms with Crippen LogP contribution in [-0.4, -0.2) is 13.0 Å². The van der Waals surface area contributed by atoms with Crippen LogP contribution in [0.1, 0.15) is 24.8 Å². The molecule has 0 aliphatic rings. The van der Waals surface area contributed by atoms with Crippen LogP contribution in [0.15, 0.2) is 24.3 Å². The van der Waals surface area contributed by atoms with E-state index in [4.69, 9.17) is 0 Å². The minimum Gasteiger partial charge on any atom is -0.359 e. The van der Waals surface area contributed by atoms with Gasteiger partial charge in [-0.1, -0.05) is 19.1 Å². The SMILES string of the molecule is CCC(C(=O)NC)c1cccc(F)c1. The highest BCUT2D eigenvalue weighted by Crippen LogP contribution is 2.20. The predicted molar refractivity (Wildman–Crippen MR) is 53.5 cm³/mol.